The van der Waals surface area contributed by atoms with Gasteiger partial charge in [0.25, 0.3) is 0 Å². The zero-order valence-corrected chi connectivity index (χ0v) is 65.1. The van der Waals surface area contributed by atoms with Crippen LogP contribution in [0.2, 0.25) is 0 Å². The molecule has 14 atom stereocenters. The van der Waals surface area contributed by atoms with Gasteiger partial charge in [-0.1, -0.05) is 0 Å². The van der Waals surface area contributed by atoms with Gasteiger partial charge in [0, 0.05) is 166 Å². The van der Waals surface area contributed by atoms with Gasteiger partial charge in [-0.2, -0.15) is 23.5 Å². The Kier molecular flexibility index (Phi) is 52.3. The van der Waals surface area contributed by atoms with Crippen molar-refractivity contribution in [2.75, 3.05) is 197 Å². The highest BCUT2D eigenvalue weighted by molar-refractivity contribution is 8.00. The maximum atomic E-state index is 11.1. The van der Waals surface area contributed by atoms with E-state index in [0.717, 1.165) is 172 Å². The Hall–Kier alpha value is 0.350. The van der Waals surface area contributed by atoms with Gasteiger partial charge in [0.05, 0.1) is 110 Å². The molecule has 24 heteroatoms. The fraction of sp³-hybridized carbons (Fsp3) is 1.00. The van der Waals surface area contributed by atoms with Crippen LogP contribution in [-0.2, 0) is 102 Å². The van der Waals surface area contributed by atoms with Gasteiger partial charge in [-0.3, -0.25) is 8.42 Å². The second-order valence-corrected chi connectivity index (χ2v) is 35.5. The average Bonchev–Trinajstić information content (AvgIpc) is 3.26. The van der Waals surface area contributed by atoms with Crippen LogP contribution < -0.4 is 0 Å². The van der Waals surface area contributed by atoms with Crippen molar-refractivity contribution >= 4 is 55.0 Å². The lowest BCUT2D eigenvalue weighted by Crippen LogP contribution is -2.30. The zero-order chi connectivity index (χ0) is 68.9. The summed E-state index contributed by atoms with van der Waals surface area (Å²) in [6.45, 7) is 27.5. The molecule has 0 aromatic carbocycles. The van der Waals surface area contributed by atoms with E-state index < -0.39 is 31.4 Å². The molecule has 14 unspecified atom stereocenters. The van der Waals surface area contributed by atoms with Crippen LogP contribution in [0.15, 0.2) is 0 Å². The Balaban J connectivity index is 0.000000512. The topological polar surface area (TPSA) is 207 Å². The number of hydrogen-bond donors (Lipinski definition) is 0. The van der Waals surface area contributed by atoms with Gasteiger partial charge in [0.1, 0.15) is 0 Å². The van der Waals surface area contributed by atoms with Crippen LogP contribution in [0.5, 0.6) is 0 Å². The van der Waals surface area contributed by atoms with Crippen LogP contribution in [-0.4, -0.2) is 271 Å². The summed E-state index contributed by atoms with van der Waals surface area (Å²) >= 11 is 4.08. The van der Waals surface area contributed by atoms with Crippen molar-refractivity contribution in [2.45, 2.75) is 209 Å². The Morgan fingerprint density at radius 2 is 1.21 bits per heavy atom. The van der Waals surface area contributed by atoms with Gasteiger partial charge in [0.2, 0.25) is 0 Å². The van der Waals surface area contributed by atoms with E-state index >= 15 is 0 Å². The normalized spacial score (nSPS) is 31.3. The third kappa shape index (κ3) is 41.8. The molecule has 92 heavy (non-hydrogen) atoms. The molecular formula is C68H136O19S5. The number of rotatable bonds is 20. The van der Waals surface area contributed by atoms with Crippen molar-refractivity contribution in [3.8, 4) is 0 Å². The van der Waals surface area contributed by atoms with Gasteiger partial charge in [-0.15, -0.1) is 0 Å². The van der Waals surface area contributed by atoms with E-state index in [2.05, 4.69) is 55.4 Å². The lowest BCUT2D eigenvalue weighted by atomic mass is 9.92. The summed E-state index contributed by atoms with van der Waals surface area (Å²) in [5.74, 6) is 10.2. The standard InChI is InChI=1S/3C8H16O2.2C7H14O2.C6H12O3S.2C6H12O2S.2C6H12OS/c1-8(2)4-7(5-9-3)6-10-8;1-8(2)7(6-9-3)4-5-10-8;1-8(2)5-4-7(10-8)6-9-3;1-6(8-2)7-3-4-9-5-7;1-6(8-2)7-4-3-5-9-7;1-9-5-6-3-2-4-10(6,7)8;1-8-4-6-2-3-9(7)5-6;1-8-5-6-3-2-4-9(6)7;1-7-4-6-2-3-8-5-6;1-7-5-6-3-2-4-8-6/h3*7H,4-6H2,1-3H3;2*6-7H,3-5H2,1-2H3;6H,2-5H2,1H3;2*6H,2-5H2,1H3;2*6H,2-5H2,1H3. The fourth-order valence-corrected chi connectivity index (χ4v) is 19.2. The highest BCUT2D eigenvalue weighted by atomic mass is 32.2. The van der Waals surface area contributed by atoms with Gasteiger partial charge in [-0.05, 0) is 181 Å². The maximum absolute atomic E-state index is 11.1. The van der Waals surface area contributed by atoms with E-state index in [1.54, 1.807) is 64.0 Å². The summed E-state index contributed by atoms with van der Waals surface area (Å²) in [6.07, 6.45) is 18.4. The molecule has 10 aliphatic heterocycles. The van der Waals surface area contributed by atoms with Crippen LogP contribution in [0.1, 0.15) is 152 Å². The fourth-order valence-electron chi connectivity index (χ4n) is 11.9. The molecule has 0 aliphatic carbocycles. The summed E-state index contributed by atoms with van der Waals surface area (Å²) in [6, 6.07) is 0. The molecule has 0 bridgehead atoms. The zero-order valence-electron chi connectivity index (χ0n) is 61.0. The average molecular weight is 1420 g/mol. The van der Waals surface area contributed by atoms with E-state index in [1.165, 1.54) is 50.1 Å². The summed E-state index contributed by atoms with van der Waals surface area (Å²) in [4.78, 5) is 0. The van der Waals surface area contributed by atoms with E-state index in [4.69, 9.17) is 71.1 Å². The van der Waals surface area contributed by atoms with E-state index in [1.807, 2.05) is 23.5 Å². The van der Waals surface area contributed by atoms with Gasteiger partial charge < -0.3 is 71.1 Å². The minimum atomic E-state index is -2.77. The number of methoxy groups -OCH3 is 10. The molecule has 0 spiro atoms. The van der Waals surface area contributed by atoms with Crippen molar-refractivity contribution in [3.63, 3.8) is 0 Å². The van der Waals surface area contributed by atoms with Gasteiger partial charge >= 0.3 is 0 Å². The highest BCUT2D eigenvalue weighted by Gasteiger charge is 2.36. The van der Waals surface area contributed by atoms with Crippen LogP contribution >= 0.6 is 23.5 Å². The minimum Gasteiger partial charge on any atom is -0.384 e. The van der Waals surface area contributed by atoms with E-state index in [9.17, 15) is 16.8 Å². The molecular weight excluding hydrogens is 1280 g/mol. The minimum absolute atomic E-state index is 0.0377. The summed E-state index contributed by atoms with van der Waals surface area (Å²) in [7, 11) is 13.2. The lowest BCUT2D eigenvalue weighted by molar-refractivity contribution is -0.0449. The maximum Gasteiger partial charge on any atom is 0.155 e. The number of ether oxygens (including phenoxy) is 15. The van der Waals surface area contributed by atoms with Gasteiger partial charge in [-0.25, -0.2) is 8.42 Å². The quantitative estimate of drug-likeness (QED) is 0.111. The first-order chi connectivity index (χ1) is 43.8. The molecule has 10 heterocycles. The highest BCUT2D eigenvalue weighted by Crippen LogP contribution is 2.32. The first kappa shape index (κ1) is 90.4. The molecule has 10 aliphatic rings. The Morgan fingerprint density at radius 1 is 0.554 bits per heavy atom. The monoisotopic (exact) mass is 1420 g/mol. The largest absolute Gasteiger partial charge is 0.384 e. The molecule has 10 rings (SSSR count). The SMILES string of the molecule is COC(C)C1CCCO1.COC(C)C1CCOC1.COCC1CCC(C)(C)O1.COCC1CCCS1.COCC1CCCS1(=O)=O.COCC1CCCS1=O.COCC1CCOC1(C)C.COCC1CCS(=O)C1.COCC1CCSC1.COCC1COC(C)(C)C1. The Bertz CT molecular complexity index is 1830. The number of sulfone groups is 1. The first-order valence-corrected chi connectivity index (χ1v) is 40.9. The number of thioether (sulfide) groups is 2. The Labute approximate surface area is 575 Å². The van der Waals surface area contributed by atoms with Crippen molar-refractivity contribution in [1.29, 1.82) is 0 Å². The van der Waals surface area contributed by atoms with E-state index in [0.29, 0.717) is 66.2 Å². The predicted molar refractivity (Wildman–Crippen MR) is 380 cm³/mol. The summed E-state index contributed by atoms with van der Waals surface area (Å²) in [5.41, 5.74) is 0.211. The van der Waals surface area contributed by atoms with Crippen molar-refractivity contribution in [2.24, 2.45) is 29.6 Å². The first-order valence-electron chi connectivity index (χ1n) is 34.1. The van der Waals surface area contributed by atoms with Crippen LogP contribution in [0.4, 0.5) is 0 Å². The molecule has 10 saturated heterocycles. The molecule has 10 fully saturated rings. The number of hydrogen-bond acceptors (Lipinski definition) is 21. The smallest absolute Gasteiger partial charge is 0.155 e. The molecule has 0 amide bonds. The third-order valence-electron chi connectivity index (χ3n) is 17.7. The summed E-state index contributed by atoms with van der Waals surface area (Å²) in [5, 5.41) is 0.910. The van der Waals surface area contributed by atoms with E-state index in [-0.39, 0.29) is 28.2 Å². The van der Waals surface area contributed by atoms with Crippen molar-refractivity contribution < 1.29 is 87.9 Å². The van der Waals surface area contributed by atoms with Crippen molar-refractivity contribution in [3.05, 3.63) is 0 Å². The van der Waals surface area contributed by atoms with Crippen LogP contribution in [0, 0.1) is 29.6 Å². The predicted octanol–water partition coefficient (Wildman–Crippen LogP) is 10.8. The van der Waals surface area contributed by atoms with Crippen molar-refractivity contribution in [1.82, 2.24) is 0 Å². The summed E-state index contributed by atoms with van der Waals surface area (Å²) < 4.78 is 121. The molecule has 19 nitrogen and oxygen atoms in total. The molecule has 0 radical (unpaired) electrons. The second-order valence-electron chi connectivity index (χ2n) is 27.1. The molecule has 0 N–H and O–H groups in total. The Morgan fingerprint density at radius 3 is 1.64 bits per heavy atom. The third-order valence-corrected chi connectivity index (χ3v) is 25.9. The lowest BCUT2D eigenvalue weighted by Gasteiger charge is -2.24. The van der Waals surface area contributed by atoms with Gasteiger partial charge in [0.15, 0.2) is 9.84 Å². The molecule has 0 saturated carbocycles. The second kappa shape index (κ2) is 53.2. The molecule has 0 aromatic rings. The van der Waals surface area contributed by atoms with Crippen LogP contribution in [0.25, 0.3) is 0 Å². The molecule has 552 valence electrons. The van der Waals surface area contributed by atoms with Crippen LogP contribution in [0.3, 0.4) is 0 Å². The molecule has 0 aromatic heterocycles.